The van der Waals surface area contributed by atoms with Crippen LogP contribution in [0.25, 0.3) is 22.4 Å². The maximum atomic E-state index is 13.9. The van der Waals surface area contributed by atoms with Crippen LogP contribution in [-0.2, 0) is 27.3 Å². The average Bonchev–Trinajstić information content (AvgIpc) is 3.40. The van der Waals surface area contributed by atoms with E-state index in [0.29, 0.717) is 0 Å². The Morgan fingerprint density at radius 1 is 1.11 bits per heavy atom. The van der Waals surface area contributed by atoms with Gasteiger partial charge in [0.1, 0.15) is 28.8 Å². The van der Waals surface area contributed by atoms with E-state index in [1.807, 2.05) is 0 Å². The summed E-state index contributed by atoms with van der Waals surface area (Å²) < 4.78 is 48.8. The SMILES string of the molecule is CCOC(=O)c1c(C)oc2nc(COC(=O)CCc3ncc(-c4c(F)cccc4F)o3)nc(N)c12. The Kier molecular flexibility index (Phi) is 6.71. The van der Waals surface area contributed by atoms with Crippen molar-refractivity contribution in [3.05, 3.63) is 59.1 Å². The lowest BCUT2D eigenvalue weighted by molar-refractivity contribution is -0.145. The van der Waals surface area contributed by atoms with Crippen LogP contribution in [0.15, 0.2) is 33.2 Å². The molecule has 0 saturated carbocycles. The molecular weight excluding hydrogens is 466 g/mol. The maximum Gasteiger partial charge on any atom is 0.342 e. The number of carbonyl (C=O) groups is 2. The van der Waals surface area contributed by atoms with Crippen LogP contribution in [0.3, 0.4) is 0 Å². The van der Waals surface area contributed by atoms with Crippen LogP contribution >= 0.6 is 0 Å². The molecule has 0 saturated heterocycles. The topological polar surface area (TPSA) is 144 Å². The monoisotopic (exact) mass is 486 g/mol. The number of halogens is 2. The highest BCUT2D eigenvalue weighted by atomic mass is 19.1. The van der Waals surface area contributed by atoms with E-state index < -0.39 is 23.6 Å². The standard InChI is InChI=1S/C23H20F2N4O6/c1-3-32-23(31)18-11(2)34-22-20(18)21(26)28-15(29-22)10-33-17(30)8-7-16-27-9-14(35-16)19-12(24)5-4-6-13(19)25/h4-6,9H,3,7-8,10H2,1-2H3,(H2,26,28,29). The Morgan fingerprint density at radius 2 is 1.86 bits per heavy atom. The third kappa shape index (κ3) is 4.95. The van der Waals surface area contributed by atoms with E-state index in [0.717, 1.165) is 12.1 Å². The van der Waals surface area contributed by atoms with Gasteiger partial charge >= 0.3 is 11.9 Å². The lowest BCUT2D eigenvalue weighted by atomic mass is 10.1. The number of rotatable bonds is 8. The summed E-state index contributed by atoms with van der Waals surface area (Å²) in [4.78, 5) is 36.5. The van der Waals surface area contributed by atoms with Crippen molar-refractivity contribution in [2.45, 2.75) is 33.3 Å². The van der Waals surface area contributed by atoms with E-state index in [4.69, 9.17) is 24.0 Å². The zero-order chi connectivity index (χ0) is 25.1. The molecule has 0 atom stereocenters. The van der Waals surface area contributed by atoms with Gasteiger partial charge in [0.15, 0.2) is 24.1 Å². The molecule has 3 heterocycles. The molecule has 4 rings (SSSR count). The van der Waals surface area contributed by atoms with Gasteiger partial charge in [-0.3, -0.25) is 4.79 Å². The lowest BCUT2D eigenvalue weighted by Gasteiger charge is -2.05. The lowest BCUT2D eigenvalue weighted by Crippen LogP contribution is -2.10. The predicted octanol–water partition coefficient (Wildman–Crippen LogP) is 3.90. The summed E-state index contributed by atoms with van der Waals surface area (Å²) in [6.45, 7) is 3.12. The van der Waals surface area contributed by atoms with Gasteiger partial charge in [-0.2, -0.15) is 4.98 Å². The molecule has 1 aromatic carbocycles. The number of hydrogen-bond acceptors (Lipinski definition) is 10. The van der Waals surface area contributed by atoms with Gasteiger partial charge in [0, 0.05) is 6.42 Å². The Morgan fingerprint density at radius 3 is 2.57 bits per heavy atom. The van der Waals surface area contributed by atoms with Gasteiger partial charge < -0.3 is 24.0 Å². The first-order valence-electron chi connectivity index (χ1n) is 10.6. The molecule has 0 spiro atoms. The number of aryl methyl sites for hydroxylation is 2. The van der Waals surface area contributed by atoms with Gasteiger partial charge in [-0.1, -0.05) is 6.07 Å². The summed E-state index contributed by atoms with van der Waals surface area (Å²) in [5.41, 5.74) is 5.86. The van der Waals surface area contributed by atoms with Crippen molar-refractivity contribution in [1.29, 1.82) is 0 Å². The van der Waals surface area contributed by atoms with Crippen LogP contribution in [0.2, 0.25) is 0 Å². The number of hydrogen-bond donors (Lipinski definition) is 1. The minimum Gasteiger partial charge on any atom is -0.462 e. The number of nitrogen functional groups attached to an aromatic ring is 1. The highest BCUT2D eigenvalue weighted by Crippen LogP contribution is 2.29. The van der Waals surface area contributed by atoms with Gasteiger partial charge in [0.2, 0.25) is 5.71 Å². The molecule has 0 radical (unpaired) electrons. The van der Waals surface area contributed by atoms with Crippen LogP contribution in [0, 0.1) is 18.6 Å². The number of fused-ring (bicyclic) bond motifs is 1. The van der Waals surface area contributed by atoms with Gasteiger partial charge in [-0.15, -0.1) is 0 Å². The largest absolute Gasteiger partial charge is 0.462 e. The number of aromatic nitrogens is 3. The fraction of sp³-hybridized carbons (Fsp3) is 0.261. The van der Waals surface area contributed by atoms with E-state index in [-0.39, 0.29) is 77.3 Å². The summed E-state index contributed by atoms with van der Waals surface area (Å²) in [7, 11) is 0. The van der Waals surface area contributed by atoms with Crippen molar-refractivity contribution in [2.24, 2.45) is 0 Å². The number of nitrogens with zero attached hydrogens (tertiary/aromatic N) is 3. The second kappa shape index (κ2) is 9.87. The van der Waals surface area contributed by atoms with Gasteiger partial charge in [-0.05, 0) is 26.0 Å². The summed E-state index contributed by atoms with van der Waals surface area (Å²) in [6, 6.07) is 3.44. The predicted molar refractivity (Wildman–Crippen MR) is 117 cm³/mol. The molecule has 12 heteroatoms. The summed E-state index contributed by atoms with van der Waals surface area (Å²) in [5.74, 6) is -2.45. The minimum absolute atomic E-state index is 0.0198. The van der Waals surface area contributed by atoms with Gasteiger partial charge in [-0.25, -0.2) is 23.5 Å². The Hall–Kier alpha value is -4.35. The highest BCUT2D eigenvalue weighted by Gasteiger charge is 2.24. The zero-order valence-corrected chi connectivity index (χ0v) is 18.8. The summed E-state index contributed by atoms with van der Waals surface area (Å²) in [5, 5.41) is 0.224. The number of ether oxygens (including phenoxy) is 2. The normalized spacial score (nSPS) is 11.1. The Labute approximate surface area is 197 Å². The van der Waals surface area contributed by atoms with Crippen molar-refractivity contribution in [3.63, 3.8) is 0 Å². The molecule has 3 aromatic heterocycles. The van der Waals surface area contributed by atoms with Crippen LogP contribution in [-0.4, -0.2) is 33.5 Å². The van der Waals surface area contributed by atoms with E-state index in [1.165, 1.54) is 12.3 Å². The third-order valence-electron chi connectivity index (χ3n) is 4.95. The second-order valence-electron chi connectivity index (χ2n) is 7.33. The number of anilines is 1. The third-order valence-corrected chi connectivity index (χ3v) is 4.95. The van der Waals surface area contributed by atoms with Crippen LogP contribution in [0.5, 0.6) is 0 Å². The number of oxazole rings is 1. The molecule has 4 aromatic rings. The van der Waals surface area contributed by atoms with Crippen LogP contribution < -0.4 is 5.73 Å². The smallest absolute Gasteiger partial charge is 0.342 e. The molecule has 10 nitrogen and oxygen atoms in total. The van der Waals surface area contributed by atoms with Gasteiger partial charge in [0.05, 0.1) is 30.2 Å². The number of carbonyl (C=O) groups excluding carboxylic acids is 2. The van der Waals surface area contributed by atoms with E-state index >= 15 is 0 Å². The minimum atomic E-state index is -0.788. The summed E-state index contributed by atoms with van der Waals surface area (Å²) in [6.07, 6.45) is 1.10. The number of benzene rings is 1. The molecule has 35 heavy (non-hydrogen) atoms. The summed E-state index contributed by atoms with van der Waals surface area (Å²) >= 11 is 0. The van der Waals surface area contributed by atoms with E-state index in [1.54, 1.807) is 13.8 Å². The van der Waals surface area contributed by atoms with Crippen molar-refractivity contribution in [3.8, 4) is 11.3 Å². The number of furan rings is 1. The first-order chi connectivity index (χ1) is 16.8. The first kappa shape index (κ1) is 23.8. The van der Waals surface area contributed by atoms with Gasteiger partial charge in [0.25, 0.3) is 0 Å². The van der Waals surface area contributed by atoms with Crippen molar-refractivity contribution < 1.29 is 36.7 Å². The molecule has 2 N–H and O–H groups in total. The molecule has 0 aliphatic carbocycles. The van der Waals surface area contributed by atoms with Crippen molar-refractivity contribution >= 4 is 28.9 Å². The fourth-order valence-electron chi connectivity index (χ4n) is 3.40. The highest BCUT2D eigenvalue weighted by molar-refractivity contribution is 6.07. The molecule has 0 bridgehead atoms. The van der Waals surface area contributed by atoms with Crippen molar-refractivity contribution in [1.82, 2.24) is 15.0 Å². The molecule has 0 aliphatic rings. The second-order valence-corrected chi connectivity index (χ2v) is 7.33. The first-order valence-corrected chi connectivity index (χ1v) is 10.6. The molecule has 0 unspecified atom stereocenters. The quantitative estimate of drug-likeness (QED) is 0.364. The number of nitrogens with two attached hydrogens (primary N) is 1. The van der Waals surface area contributed by atoms with Crippen molar-refractivity contribution in [2.75, 3.05) is 12.3 Å². The Balaban J connectivity index is 1.38. The maximum absolute atomic E-state index is 13.9. The molecule has 182 valence electrons. The number of esters is 2. The van der Waals surface area contributed by atoms with Crippen LogP contribution in [0.4, 0.5) is 14.6 Å². The average molecular weight is 486 g/mol. The fourth-order valence-corrected chi connectivity index (χ4v) is 3.40. The van der Waals surface area contributed by atoms with Crippen LogP contribution in [0.1, 0.15) is 41.2 Å². The molecular formula is C23H20F2N4O6. The molecule has 0 fully saturated rings. The van der Waals surface area contributed by atoms with E-state index in [9.17, 15) is 18.4 Å². The van der Waals surface area contributed by atoms with E-state index in [2.05, 4.69) is 15.0 Å². The zero-order valence-electron chi connectivity index (χ0n) is 18.8. The molecule has 0 amide bonds. The molecule has 0 aliphatic heterocycles. The Bertz CT molecular complexity index is 1390.